The van der Waals surface area contributed by atoms with Gasteiger partial charge in [-0.15, -0.1) is 0 Å². The zero-order valence-electron chi connectivity index (χ0n) is 10.1. The van der Waals surface area contributed by atoms with Crippen molar-refractivity contribution < 1.29 is 9.53 Å². The molecular weight excluding hydrogens is 212 g/mol. The normalized spacial score (nSPS) is 12.1. The SMILES string of the molecule is C=C/C(=C(C=O)\C=C/C)c1ccccc1OC. The van der Waals surface area contributed by atoms with Crippen molar-refractivity contribution in [2.75, 3.05) is 7.11 Å². The van der Waals surface area contributed by atoms with Crippen molar-refractivity contribution in [3.63, 3.8) is 0 Å². The summed E-state index contributed by atoms with van der Waals surface area (Å²) in [5.74, 6) is 0.728. The lowest BCUT2D eigenvalue weighted by atomic mass is 9.99. The topological polar surface area (TPSA) is 26.3 Å². The van der Waals surface area contributed by atoms with Crippen LogP contribution in [0.4, 0.5) is 0 Å². The van der Waals surface area contributed by atoms with E-state index in [0.717, 1.165) is 23.2 Å². The minimum absolute atomic E-state index is 0.590. The van der Waals surface area contributed by atoms with Crippen molar-refractivity contribution in [1.29, 1.82) is 0 Å². The Balaban J connectivity index is 3.44. The van der Waals surface area contributed by atoms with Crippen LogP contribution in [0.5, 0.6) is 5.75 Å². The fraction of sp³-hybridized carbons (Fsp3) is 0.133. The van der Waals surface area contributed by atoms with Gasteiger partial charge < -0.3 is 4.74 Å². The molecule has 1 aromatic carbocycles. The largest absolute Gasteiger partial charge is 0.496 e. The molecule has 0 saturated heterocycles. The van der Waals surface area contributed by atoms with E-state index in [9.17, 15) is 4.79 Å². The van der Waals surface area contributed by atoms with Crippen molar-refractivity contribution in [3.05, 3.63) is 60.2 Å². The second kappa shape index (κ2) is 6.48. The number of hydrogen-bond acceptors (Lipinski definition) is 2. The second-order valence-corrected chi connectivity index (χ2v) is 3.39. The van der Waals surface area contributed by atoms with E-state index < -0.39 is 0 Å². The van der Waals surface area contributed by atoms with E-state index in [-0.39, 0.29) is 0 Å². The van der Waals surface area contributed by atoms with Gasteiger partial charge in [0, 0.05) is 11.1 Å². The third kappa shape index (κ3) is 2.94. The summed E-state index contributed by atoms with van der Waals surface area (Å²) < 4.78 is 5.28. The molecule has 88 valence electrons. The first-order valence-electron chi connectivity index (χ1n) is 5.36. The van der Waals surface area contributed by atoms with E-state index in [1.165, 1.54) is 0 Å². The quantitative estimate of drug-likeness (QED) is 0.438. The van der Waals surface area contributed by atoms with Gasteiger partial charge in [-0.1, -0.05) is 43.0 Å². The maximum Gasteiger partial charge on any atom is 0.150 e. The van der Waals surface area contributed by atoms with Crippen molar-refractivity contribution in [3.8, 4) is 5.75 Å². The molecule has 1 aromatic rings. The Kier molecular flexibility index (Phi) is 4.95. The minimum Gasteiger partial charge on any atom is -0.496 e. The highest BCUT2D eigenvalue weighted by atomic mass is 16.5. The Morgan fingerprint density at radius 2 is 2.06 bits per heavy atom. The van der Waals surface area contributed by atoms with Gasteiger partial charge in [0.1, 0.15) is 5.75 Å². The van der Waals surface area contributed by atoms with Gasteiger partial charge >= 0.3 is 0 Å². The Bertz CT molecular complexity index is 468. The molecule has 0 aliphatic heterocycles. The lowest BCUT2D eigenvalue weighted by molar-refractivity contribution is -0.104. The van der Waals surface area contributed by atoms with Crippen molar-refractivity contribution in [1.82, 2.24) is 0 Å². The first-order valence-corrected chi connectivity index (χ1v) is 5.36. The number of para-hydroxylation sites is 1. The number of ether oxygens (including phenoxy) is 1. The Morgan fingerprint density at radius 1 is 1.35 bits per heavy atom. The molecule has 0 atom stereocenters. The van der Waals surface area contributed by atoms with E-state index in [0.29, 0.717) is 5.57 Å². The summed E-state index contributed by atoms with van der Waals surface area (Å²) in [6.07, 6.45) is 6.07. The van der Waals surface area contributed by atoms with Gasteiger partial charge in [0.25, 0.3) is 0 Å². The van der Waals surface area contributed by atoms with Gasteiger partial charge in [-0.05, 0) is 18.6 Å². The minimum atomic E-state index is 0.590. The van der Waals surface area contributed by atoms with Crippen LogP contribution in [-0.4, -0.2) is 13.4 Å². The first kappa shape index (κ1) is 13.0. The highest BCUT2D eigenvalue weighted by Crippen LogP contribution is 2.28. The lowest BCUT2D eigenvalue weighted by Crippen LogP contribution is -1.93. The molecule has 0 unspecified atom stereocenters. The molecule has 0 radical (unpaired) electrons. The van der Waals surface area contributed by atoms with Gasteiger partial charge in [-0.2, -0.15) is 0 Å². The lowest BCUT2D eigenvalue weighted by Gasteiger charge is -2.10. The number of carbonyl (C=O) groups excluding carboxylic acids is 1. The van der Waals surface area contributed by atoms with Crippen molar-refractivity contribution in [2.24, 2.45) is 0 Å². The maximum absolute atomic E-state index is 11.1. The molecular formula is C15H16O2. The number of carbonyl (C=O) groups is 1. The van der Waals surface area contributed by atoms with Crippen LogP contribution in [0, 0.1) is 0 Å². The molecule has 0 bridgehead atoms. The average Bonchev–Trinajstić information content (AvgIpc) is 2.39. The smallest absolute Gasteiger partial charge is 0.150 e. The van der Waals surface area contributed by atoms with Crippen LogP contribution >= 0.6 is 0 Å². The van der Waals surface area contributed by atoms with Crippen LogP contribution in [0.3, 0.4) is 0 Å². The summed E-state index contributed by atoms with van der Waals surface area (Å²) in [5.41, 5.74) is 2.23. The molecule has 0 aliphatic rings. The standard InChI is InChI=1S/C15H16O2/c1-4-8-12(11-16)13(5-2)14-9-6-7-10-15(14)17-3/h4-11H,2H2,1,3H3/b8-4-,13-12-. The molecule has 2 nitrogen and oxygen atoms in total. The molecule has 0 N–H and O–H groups in total. The third-order valence-electron chi connectivity index (χ3n) is 2.39. The number of aldehydes is 1. The van der Waals surface area contributed by atoms with Crippen LogP contribution in [0.25, 0.3) is 5.57 Å². The fourth-order valence-electron chi connectivity index (χ4n) is 1.62. The van der Waals surface area contributed by atoms with Crippen LogP contribution in [-0.2, 0) is 4.79 Å². The number of methoxy groups -OCH3 is 1. The van der Waals surface area contributed by atoms with Gasteiger partial charge in [0.2, 0.25) is 0 Å². The third-order valence-corrected chi connectivity index (χ3v) is 2.39. The molecule has 0 spiro atoms. The molecule has 2 heteroatoms. The zero-order chi connectivity index (χ0) is 12.7. The molecule has 0 amide bonds. The van der Waals surface area contributed by atoms with Gasteiger partial charge in [-0.3, -0.25) is 4.79 Å². The molecule has 0 aromatic heterocycles. The predicted molar refractivity (Wildman–Crippen MR) is 71.0 cm³/mol. The summed E-state index contributed by atoms with van der Waals surface area (Å²) in [4.78, 5) is 11.1. The fourth-order valence-corrected chi connectivity index (χ4v) is 1.62. The summed E-state index contributed by atoms with van der Waals surface area (Å²) >= 11 is 0. The number of rotatable bonds is 5. The van der Waals surface area contributed by atoms with Crippen LogP contribution < -0.4 is 4.74 Å². The predicted octanol–water partition coefficient (Wildman–Crippen LogP) is 3.41. The van der Waals surface area contributed by atoms with Gasteiger partial charge in [0.05, 0.1) is 7.11 Å². The highest BCUT2D eigenvalue weighted by molar-refractivity contribution is 5.95. The Morgan fingerprint density at radius 3 is 2.59 bits per heavy atom. The zero-order valence-corrected chi connectivity index (χ0v) is 10.1. The van der Waals surface area contributed by atoms with Crippen molar-refractivity contribution in [2.45, 2.75) is 6.92 Å². The number of allylic oxidation sites excluding steroid dienone is 5. The number of benzene rings is 1. The van der Waals surface area contributed by atoms with E-state index in [4.69, 9.17) is 4.74 Å². The summed E-state index contributed by atoms with van der Waals surface area (Å²) in [6, 6.07) is 7.55. The molecule has 0 saturated carbocycles. The van der Waals surface area contributed by atoms with Gasteiger partial charge in [0.15, 0.2) is 6.29 Å². The summed E-state index contributed by atoms with van der Waals surface area (Å²) in [6.45, 7) is 5.63. The second-order valence-electron chi connectivity index (χ2n) is 3.39. The molecule has 0 aliphatic carbocycles. The van der Waals surface area contributed by atoms with E-state index in [2.05, 4.69) is 6.58 Å². The average molecular weight is 228 g/mol. The van der Waals surface area contributed by atoms with Crippen LogP contribution in [0.15, 0.2) is 54.6 Å². The molecule has 1 rings (SSSR count). The molecule has 17 heavy (non-hydrogen) atoms. The van der Waals surface area contributed by atoms with E-state index in [1.54, 1.807) is 19.3 Å². The highest BCUT2D eigenvalue weighted by Gasteiger charge is 2.08. The Hall–Kier alpha value is -2.09. The van der Waals surface area contributed by atoms with Crippen LogP contribution in [0.1, 0.15) is 12.5 Å². The number of hydrogen-bond donors (Lipinski definition) is 0. The first-order chi connectivity index (χ1) is 8.28. The van der Waals surface area contributed by atoms with Crippen molar-refractivity contribution >= 4 is 11.9 Å². The summed E-state index contributed by atoms with van der Waals surface area (Å²) in [5, 5.41) is 0. The van der Waals surface area contributed by atoms with Crippen LogP contribution in [0.2, 0.25) is 0 Å². The van der Waals surface area contributed by atoms with E-state index >= 15 is 0 Å². The van der Waals surface area contributed by atoms with E-state index in [1.807, 2.05) is 37.3 Å². The summed E-state index contributed by atoms with van der Waals surface area (Å²) in [7, 11) is 1.61. The monoisotopic (exact) mass is 228 g/mol. The molecule has 0 fully saturated rings. The van der Waals surface area contributed by atoms with Gasteiger partial charge in [-0.25, -0.2) is 0 Å². The Labute approximate surface area is 102 Å². The molecule has 0 heterocycles. The maximum atomic E-state index is 11.1.